The van der Waals surface area contributed by atoms with Gasteiger partial charge < -0.3 is 34.2 Å². The number of hydrogen-bond donors (Lipinski definition) is 4. The van der Waals surface area contributed by atoms with Crippen LogP contribution >= 0.6 is 15.6 Å². The van der Waals surface area contributed by atoms with Crippen LogP contribution < -0.4 is 0 Å². The lowest BCUT2D eigenvalue weighted by molar-refractivity contribution is -0.161. The number of carbonyl (C=O) groups excluding carboxylic acids is 3. The summed E-state index contributed by atoms with van der Waals surface area (Å²) in [7, 11) is -9.80. The molecule has 4 N–H and O–H groups in total. The van der Waals surface area contributed by atoms with Crippen molar-refractivity contribution < 1.29 is 75.8 Å². The highest BCUT2D eigenvalue weighted by molar-refractivity contribution is 7.47. The zero-order valence-corrected chi connectivity index (χ0v) is 73.0. The van der Waals surface area contributed by atoms with Gasteiger partial charge in [0.2, 0.25) is 0 Å². The summed E-state index contributed by atoms with van der Waals surface area (Å²) in [6.45, 7) is 2.40. The molecule has 0 amide bonds. The molecule has 16 nitrogen and oxygen atoms in total. The summed E-state index contributed by atoms with van der Waals surface area (Å²) in [5.41, 5.74) is 0. The molecule has 0 radical (unpaired) electrons. The van der Waals surface area contributed by atoms with E-state index in [2.05, 4.69) is 179 Å². The van der Waals surface area contributed by atoms with Gasteiger partial charge in [-0.05, 0) is 141 Å². The number of esters is 3. The Hall–Kier alpha value is -4.83. The Labute approximate surface area is 689 Å². The summed E-state index contributed by atoms with van der Waals surface area (Å²) in [4.78, 5) is 58.8. The van der Waals surface area contributed by atoms with Gasteiger partial charge in [-0.3, -0.25) is 32.5 Å². The lowest BCUT2D eigenvalue weighted by Gasteiger charge is -2.21. The van der Waals surface area contributed by atoms with E-state index < -0.39 is 91.5 Å². The summed E-state index contributed by atoms with van der Waals surface area (Å²) in [5, 5.41) is 20.7. The standard InChI is InChI=1S/C95H162O16P2/c1-4-7-10-13-16-19-22-25-27-29-31-33-35-37-39-41-42-43-44-45-46-48-50-51-53-55-57-59-61-64-66-69-72-75-78-81-93(98)105-84-90(96)85-107-112(101,102)108-86-91(97)87-109-113(103,104)110-89-92(111-95(100)83-80-77-74-71-68-63-24-21-18-15-12-9-6-3)88-106-94(99)82-79-76-73-70-67-65-62-60-58-56-54-52-49-47-40-38-36-34-32-30-28-26-23-20-17-14-11-8-5-2/h7-8,10-12,15-17,19-21,24-28,31-34,37-40,42-43,90-92,96-97H,4-6,9,13-14,18,22-23,29-30,35-36,41,44-89H2,1-3H3,(H,101,102)(H,103,104)/b10-7-,11-8-,15-12-,19-16-,20-17-,24-21-,27-25-,28-26-,33-31-,34-32-,39-37-,40-38-,43-42-. The van der Waals surface area contributed by atoms with E-state index in [1.807, 2.05) is 0 Å². The third kappa shape index (κ3) is 87.8. The number of aliphatic hydroxyl groups is 2. The van der Waals surface area contributed by atoms with Gasteiger partial charge in [0.25, 0.3) is 0 Å². The number of unbranched alkanes of at least 4 members (excludes halogenated alkanes) is 35. The van der Waals surface area contributed by atoms with Crippen molar-refractivity contribution in [3.05, 3.63) is 158 Å². The molecule has 0 aliphatic heterocycles. The zero-order valence-electron chi connectivity index (χ0n) is 71.3. The fourth-order valence-corrected chi connectivity index (χ4v) is 13.6. The van der Waals surface area contributed by atoms with Crippen LogP contribution in [0.3, 0.4) is 0 Å². The number of allylic oxidation sites excluding steroid dienone is 26. The third-order valence-electron chi connectivity index (χ3n) is 18.7. The molecule has 0 aromatic rings. The molecule has 0 aliphatic rings. The summed E-state index contributed by atoms with van der Waals surface area (Å²) >= 11 is 0. The molecule has 0 saturated carbocycles. The second-order valence-corrected chi connectivity index (χ2v) is 32.5. The molecule has 0 bridgehead atoms. The summed E-state index contributed by atoms with van der Waals surface area (Å²) in [5.74, 6) is -1.58. The molecule has 5 unspecified atom stereocenters. The highest BCUT2D eigenvalue weighted by Crippen LogP contribution is 2.45. The quantitative estimate of drug-likeness (QED) is 0.0146. The minimum atomic E-state index is -4.94. The van der Waals surface area contributed by atoms with Gasteiger partial charge in [0.05, 0.1) is 26.4 Å². The molecule has 0 spiro atoms. The zero-order chi connectivity index (χ0) is 82.2. The van der Waals surface area contributed by atoms with Crippen molar-refractivity contribution in [2.45, 2.75) is 386 Å². The van der Waals surface area contributed by atoms with Crippen molar-refractivity contribution in [2.24, 2.45) is 0 Å². The SMILES string of the molecule is CC/C=C\C/C=C\C/C=C\C/C=C\C/C=C\C/C=C\CCCCCCCCCCCCCCCCCCC(=O)OCC(O)COP(=O)(O)OCC(O)COP(=O)(O)OCC(COC(=O)CCCCCCCCCCCCCCC/C=C\C/C=C\C/C=C\C/C=C\C/C=C\CC)OC(=O)CCCCCCC/C=C\C/C=C\CCC. The molecule has 0 aromatic carbocycles. The monoisotopic (exact) mass is 1620 g/mol. The number of phosphoric acid groups is 2. The predicted molar refractivity (Wildman–Crippen MR) is 472 cm³/mol. The van der Waals surface area contributed by atoms with Crippen molar-refractivity contribution in [2.75, 3.05) is 39.6 Å². The molecule has 648 valence electrons. The van der Waals surface area contributed by atoms with Crippen molar-refractivity contribution in [3.63, 3.8) is 0 Å². The van der Waals surface area contributed by atoms with Crippen molar-refractivity contribution in [1.82, 2.24) is 0 Å². The van der Waals surface area contributed by atoms with Crippen LogP contribution in [-0.2, 0) is 55.8 Å². The lowest BCUT2D eigenvalue weighted by Crippen LogP contribution is -2.30. The summed E-state index contributed by atoms with van der Waals surface area (Å²) in [6, 6.07) is 0. The minimum Gasteiger partial charge on any atom is -0.463 e. The third-order valence-corrected chi connectivity index (χ3v) is 20.6. The molecule has 0 saturated heterocycles. The second kappa shape index (κ2) is 86.5. The Balaban J connectivity index is 4.39. The number of aliphatic hydroxyl groups excluding tert-OH is 2. The molecule has 18 heteroatoms. The molecule has 5 atom stereocenters. The number of hydrogen-bond acceptors (Lipinski definition) is 14. The van der Waals surface area contributed by atoms with E-state index in [1.54, 1.807) is 0 Å². The van der Waals surface area contributed by atoms with Crippen molar-refractivity contribution in [3.8, 4) is 0 Å². The van der Waals surface area contributed by atoms with E-state index in [-0.39, 0.29) is 19.3 Å². The van der Waals surface area contributed by atoms with Gasteiger partial charge >= 0.3 is 33.6 Å². The first-order chi connectivity index (χ1) is 55.2. The van der Waals surface area contributed by atoms with Gasteiger partial charge in [0.1, 0.15) is 25.4 Å². The fraction of sp³-hybridized carbons (Fsp3) is 0.695. The van der Waals surface area contributed by atoms with Gasteiger partial charge in [-0.15, -0.1) is 0 Å². The maximum Gasteiger partial charge on any atom is 0.472 e. The van der Waals surface area contributed by atoms with Crippen LogP contribution in [-0.4, -0.2) is 95.9 Å². The molecule has 113 heavy (non-hydrogen) atoms. The van der Waals surface area contributed by atoms with Crippen LogP contribution in [0.1, 0.15) is 367 Å². The molecule has 0 heterocycles. The first kappa shape index (κ1) is 108. The van der Waals surface area contributed by atoms with E-state index in [4.69, 9.17) is 32.3 Å². The fourth-order valence-electron chi connectivity index (χ4n) is 12.0. The Morgan fingerprint density at radius 3 is 0.743 bits per heavy atom. The number of ether oxygens (including phenoxy) is 3. The number of carbonyl (C=O) groups is 3. The van der Waals surface area contributed by atoms with Crippen LogP contribution in [0.5, 0.6) is 0 Å². The van der Waals surface area contributed by atoms with E-state index in [9.17, 15) is 43.5 Å². The summed E-state index contributed by atoms with van der Waals surface area (Å²) in [6.07, 6.45) is 110. The van der Waals surface area contributed by atoms with Gasteiger partial charge in [-0.1, -0.05) is 365 Å². The maximum atomic E-state index is 13.0. The molecule has 0 aliphatic carbocycles. The van der Waals surface area contributed by atoms with Crippen molar-refractivity contribution in [1.29, 1.82) is 0 Å². The van der Waals surface area contributed by atoms with Gasteiger partial charge in [-0.2, -0.15) is 0 Å². The van der Waals surface area contributed by atoms with Crippen LogP contribution in [0.25, 0.3) is 0 Å². The van der Waals surface area contributed by atoms with E-state index in [1.165, 1.54) is 135 Å². The van der Waals surface area contributed by atoms with E-state index in [0.29, 0.717) is 19.3 Å². The Morgan fingerprint density at radius 1 is 0.257 bits per heavy atom. The highest BCUT2D eigenvalue weighted by atomic mass is 31.2. The van der Waals surface area contributed by atoms with Crippen LogP contribution in [0.2, 0.25) is 0 Å². The molecule has 0 fully saturated rings. The highest BCUT2D eigenvalue weighted by Gasteiger charge is 2.29. The van der Waals surface area contributed by atoms with Crippen LogP contribution in [0.4, 0.5) is 0 Å². The van der Waals surface area contributed by atoms with Gasteiger partial charge in [-0.25, -0.2) is 9.13 Å². The number of phosphoric ester groups is 2. The molecule has 0 aromatic heterocycles. The van der Waals surface area contributed by atoms with Crippen LogP contribution in [0.15, 0.2) is 158 Å². The van der Waals surface area contributed by atoms with E-state index >= 15 is 0 Å². The normalized spacial score (nSPS) is 14.6. The van der Waals surface area contributed by atoms with Crippen LogP contribution in [0, 0.1) is 0 Å². The summed E-state index contributed by atoms with van der Waals surface area (Å²) < 4.78 is 61.3. The largest absolute Gasteiger partial charge is 0.472 e. The van der Waals surface area contributed by atoms with Gasteiger partial charge in [0, 0.05) is 19.3 Å². The van der Waals surface area contributed by atoms with Gasteiger partial charge in [0.15, 0.2) is 6.10 Å². The Kier molecular flexibility index (Phi) is 82.8. The molecule has 0 rings (SSSR count). The predicted octanol–water partition coefficient (Wildman–Crippen LogP) is 27.3. The minimum absolute atomic E-state index is 0.0864. The topological polar surface area (TPSA) is 231 Å². The molecular formula is C95H162O16P2. The maximum absolute atomic E-state index is 13.0. The average Bonchev–Trinajstić information content (AvgIpc) is 0.903. The second-order valence-electron chi connectivity index (χ2n) is 29.6. The molecular weight excluding hydrogens is 1460 g/mol. The average molecular weight is 1620 g/mol. The number of rotatable bonds is 84. The Morgan fingerprint density at radius 2 is 0.469 bits per heavy atom. The first-order valence-electron chi connectivity index (χ1n) is 44.8. The smallest absolute Gasteiger partial charge is 0.463 e. The lowest BCUT2D eigenvalue weighted by atomic mass is 10.0. The van der Waals surface area contributed by atoms with Crippen molar-refractivity contribution >= 4 is 33.6 Å². The van der Waals surface area contributed by atoms with E-state index in [0.717, 1.165) is 173 Å². The Bertz CT molecular complexity index is 2680. The first-order valence-corrected chi connectivity index (χ1v) is 47.8.